The highest BCUT2D eigenvalue weighted by Crippen LogP contribution is 2.46. The highest BCUT2D eigenvalue weighted by molar-refractivity contribution is 9.10. The van der Waals surface area contributed by atoms with Gasteiger partial charge in [0.2, 0.25) is 5.91 Å². The number of fused-ring (bicyclic) bond motifs is 5. The molecule has 0 spiro atoms. The first-order valence-corrected chi connectivity index (χ1v) is 13.2. The summed E-state index contributed by atoms with van der Waals surface area (Å²) in [4.78, 5) is 43.6. The van der Waals surface area contributed by atoms with Crippen LogP contribution in [0.1, 0.15) is 67.0 Å². The third kappa shape index (κ3) is 3.31. The Hall–Kier alpha value is -2.95. The Morgan fingerprint density at radius 3 is 2.73 bits per heavy atom. The molecular weight excluding hydrogens is 545 g/mol. The molecule has 0 bridgehead atoms. The van der Waals surface area contributed by atoms with Crippen LogP contribution in [0, 0.1) is 5.82 Å². The van der Waals surface area contributed by atoms with Crippen LogP contribution in [0.3, 0.4) is 0 Å². The Labute approximate surface area is 219 Å². The Balaban J connectivity index is 1.65. The van der Waals surface area contributed by atoms with Gasteiger partial charge in [-0.1, -0.05) is 6.92 Å². The second kappa shape index (κ2) is 8.28. The van der Waals surface area contributed by atoms with Crippen LogP contribution in [0.15, 0.2) is 21.4 Å². The molecule has 8 nitrogen and oxygen atoms in total. The Bertz CT molecular complexity index is 1610. The van der Waals surface area contributed by atoms with Crippen molar-refractivity contribution in [3.63, 3.8) is 0 Å². The molecule has 6 rings (SSSR count). The summed E-state index contributed by atoms with van der Waals surface area (Å²) in [5.74, 6) is -1.30. The molecule has 2 aliphatic carbocycles. The number of pyridine rings is 2. The van der Waals surface area contributed by atoms with Gasteiger partial charge in [-0.05, 0) is 65.7 Å². The molecule has 0 saturated carbocycles. The number of carbonyl (C=O) groups excluding carboxylic acids is 2. The molecule has 3 heterocycles. The van der Waals surface area contributed by atoms with Crippen molar-refractivity contribution in [3.8, 4) is 11.4 Å². The van der Waals surface area contributed by atoms with E-state index in [0.29, 0.717) is 45.3 Å². The number of rotatable bonds is 3. The monoisotopic (exact) mass is 569 g/mol. The Morgan fingerprint density at radius 2 is 2.03 bits per heavy atom. The number of aryl methyl sites for hydroxylation is 1. The van der Waals surface area contributed by atoms with Crippen LogP contribution < -0.4 is 10.9 Å². The van der Waals surface area contributed by atoms with Crippen molar-refractivity contribution in [2.45, 2.75) is 70.2 Å². The quantitative estimate of drug-likeness (QED) is 0.349. The maximum absolute atomic E-state index is 14.9. The number of nitrogens with one attached hydrogen (secondary N) is 1. The van der Waals surface area contributed by atoms with Gasteiger partial charge < -0.3 is 20.1 Å². The predicted octanol–water partition coefficient (Wildman–Crippen LogP) is 2.92. The van der Waals surface area contributed by atoms with Crippen LogP contribution in [0.4, 0.5) is 4.39 Å². The average Bonchev–Trinajstić information content (AvgIpc) is 3.24. The van der Waals surface area contributed by atoms with Crippen LogP contribution in [0.2, 0.25) is 0 Å². The van der Waals surface area contributed by atoms with Gasteiger partial charge in [0.25, 0.3) is 5.56 Å². The van der Waals surface area contributed by atoms with E-state index in [9.17, 15) is 29.0 Å². The van der Waals surface area contributed by atoms with Crippen molar-refractivity contribution in [3.05, 3.63) is 60.6 Å². The number of aliphatic hydroxyl groups excluding tert-OH is 1. The fourth-order valence-corrected chi connectivity index (χ4v) is 6.69. The van der Waals surface area contributed by atoms with Gasteiger partial charge in [0.15, 0.2) is 5.78 Å². The molecule has 1 aromatic carbocycles. The van der Waals surface area contributed by atoms with E-state index < -0.39 is 29.5 Å². The van der Waals surface area contributed by atoms with E-state index in [1.54, 1.807) is 17.6 Å². The lowest BCUT2D eigenvalue weighted by Crippen LogP contribution is -2.43. The van der Waals surface area contributed by atoms with E-state index in [4.69, 9.17) is 4.98 Å². The van der Waals surface area contributed by atoms with Gasteiger partial charge in [-0.25, -0.2) is 9.37 Å². The van der Waals surface area contributed by atoms with Gasteiger partial charge >= 0.3 is 0 Å². The fraction of sp³-hybridized carbons (Fsp3) is 0.407. The number of Topliss-reactive ketones (excluding diaryl/α,β-unsaturated/α-hetero) is 1. The lowest BCUT2D eigenvalue weighted by molar-refractivity contribution is -0.140. The molecule has 1 unspecified atom stereocenters. The smallest absolute Gasteiger partial charge is 0.254 e. The predicted molar refractivity (Wildman–Crippen MR) is 137 cm³/mol. The summed E-state index contributed by atoms with van der Waals surface area (Å²) in [6.45, 7) is 3.29. The second-order valence-electron chi connectivity index (χ2n) is 10.1. The Morgan fingerprint density at radius 1 is 1.27 bits per heavy atom. The van der Waals surface area contributed by atoms with Crippen LogP contribution in [-0.2, 0) is 34.6 Å². The third-order valence-electron chi connectivity index (χ3n) is 8.12. The first kappa shape index (κ1) is 24.4. The zero-order valence-corrected chi connectivity index (χ0v) is 21.9. The van der Waals surface area contributed by atoms with Crippen LogP contribution >= 0.6 is 15.9 Å². The first-order chi connectivity index (χ1) is 17.6. The number of hydrogen-bond acceptors (Lipinski definition) is 6. The van der Waals surface area contributed by atoms with Crippen LogP contribution in [0.5, 0.6) is 0 Å². The minimum Gasteiger partial charge on any atom is -0.384 e. The molecule has 3 aromatic rings. The molecule has 2 aromatic heterocycles. The molecule has 1 aliphatic heterocycles. The number of nitrogens with zero attached hydrogens (tertiary/aromatic N) is 2. The molecule has 1 amide bonds. The lowest BCUT2D eigenvalue weighted by atomic mass is 9.77. The average molecular weight is 570 g/mol. The van der Waals surface area contributed by atoms with Gasteiger partial charge in [-0.15, -0.1) is 0 Å². The van der Waals surface area contributed by atoms with E-state index in [2.05, 4.69) is 21.2 Å². The van der Waals surface area contributed by atoms with E-state index in [1.807, 2.05) is 0 Å². The van der Waals surface area contributed by atoms with Gasteiger partial charge in [0.05, 0.1) is 34.0 Å². The summed E-state index contributed by atoms with van der Waals surface area (Å²) in [6, 6.07) is 2.54. The van der Waals surface area contributed by atoms with Crippen molar-refractivity contribution >= 4 is 38.5 Å². The fourth-order valence-electron chi connectivity index (χ4n) is 6.17. The maximum atomic E-state index is 14.9. The van der Waals surface area contributed by atoms with E-state index >= 15 is 0 Å². The zero-order chi connectivity index (χ0) is 26.4. The van der Waals surface area contributed by atoms with Crippen molar-refractivity contribution < 1.29 is 24.2 Å². The van der Waals surface area contributed by atoms with Gasteiger partial charge in [-0.3, -0.25) is 14.4 Å². The number of carbonyl (C=O) groups is 2. The standard InChI is InChI=1S/C27H25BrFN3O5/c1-3-27(37)15-8-19-24-14(10-32(19)26(36)12(15)5-7-20(27)34)22-17(31-25(35)11(2)33)6-4-13-21(22)18(30-24)9-16(29)23(13)28/h8-9,11,17,33,37H,3-7,10H2,1-2H3,(H,31,35)/t11-,17?,27-/m0/s1. The summed E-state index contributed by atoms with van der Waals surface area (Å²) >= 11 is 3.37. The normalized spacial score (nSPS) is 22.4. The number of aliphatic hydroxyl groups is 2. The first-order valence-electron chi connectivity index (χ1n) is 12.4. The summed E-state index contributed by atoms with van der Waals surface area (Å²) in [5, 5.41) is 24.7. The number of hydrogen-bond donors (Lipinski definition) is 3. The van der Waals surface area contributed by atoms with Crippen LogP contribution in [-0.4, -0.2) is 37.6 Å². The van der Waals surface area contributed by atoms with E-state index in [1.165, 1.54) is 13.0 Å². The van der Waals surface area contributed by atoms with Crippen molar-refractivity contribution in [2.75, 3.05) is 0 Å². The minimum atomic E-state index is -1.74. The number of amides is 1. The number of halogens is 2. The van der Waals surface area contributed by atoms with Crippen molar-refractivity contribution in [1.82, 2.24) is 14.9 Å². The molecule has 0 fully saturated rings. The number of aromatic nitrogens is 2. The van der Waals surface area contributed by atoms with Crippen molar-refractivity contribution in [2.24, 2.45) is 0 Å². The van der Waals surface area contributed by atoms with Crippen molar-refractivity contribution in [1.29, 1.82) is 0 Å². The summed E-state index contributed by atoms with van der Waals surface area (Å²) in [5.41, 5.74) is 2.24. The van der Waals surface area contributed by atoms with Gasteiger partial charge in [-0.2, -0.15) is 0 Å². The molecule has 192 valence electrons. The van der Waals surface area contributed by atoms with E-state index in [0.717, 1.165) is 22.1 Å². The molecule has 37 heavy (non-hydrogen) atoms. The summed E-state index contributed by atoms with van der Waals surface area (Å²) < 4.78 is 16.8. The molecule has 3 atom stereocenters. The minimum absolute atomic E-state index is 0.0936. The number of ketones is 1. The third-order valence-corrected chi connectivity index (χ3v) is 8.97. The second-order valence-corrected chi connectivity index (χ2v) is 10.9. The van der Waals surface area contributed by atoms with Gasteiger partial charge in [0, 0.05) is 34.6 Å². The molecule has 0 saturated heterocycles. The largest absolute Gasteiger partial charge is 0.384 e. The van der Waals surface area contributed by atoms with E-state index in [-0.39, 0.29) is 37.1 Å². The maximum Gasteiger partial charge on any atom is 0.254 e. The number of benzene rings is 1. The van der Waals surface area contributed by atoms with Crippen LogP contribution in [0.25, 0.3) is 22.3 Å². The SMILES string of the molecule is CC[C@@]1(O)C(=O)CCc2c1cc1n(c2=O)Cc2c-1nc1cc(F)c(Br)c3c1c2C(NC(=O)[C@H](C)O)CC3. The molecule has 3 N–H and O–H groups in total. The molecular formula is C27H25BrFN3O5. The highest BCUT2D eigenvalue weighted by atomic mass is 79.9. The van der Waals surface area contributed by atoms with Gasteiger partial charge in [0.1, 0.15) is 17.5 Å². The lowest BCUT2D eigenvalue weighted by Gasteiger charge is -2.32. The summed E-state index contributed by atoms with van der Waals surface area (Å²) in [6.07, 6.45) is 0.244. The Kier molecular flexibility index (Phi) is 5.46. The molecule has 0 radical (unpaired) electrons. The molecule has 3 aliphatic rings. The zero-order valence-electron chi connectivity index (χ0n) is 20.3. The highest BCUT2D eigenvalue weighted by Gasteiger charge is 2.44. The summed E-state index contributed by atoms with van der Waals surface area (Å²) in [7, 11) is 0. The molecule has 10 heteroatoms. The topological polar surface area (TPSA) is 122 Å².